The Bertz CT molecular complexity index is 1100. The van der Waals surface area contributed by atoms with Crippen LogP contribution < -0.4 is 5.32 Å². The van der Waals surface area contributed by atoms with E-state index in [4.69, 9.17) is 4.98 Å². The average molecular weight is 440 g/mol. The second kappa shape index (κ2) is 8.65. The maximum atomic E-state index is 12.8. The van der Waals surface area contributed by atoms with Gasteiger partial charge in [-0.1, -0.05) is 6.07 Å². The molecule has 1 aromatic carbocycles. The number of nitrogens with zero attached hydrogens (tertiary/aromatic N) is 2. The normalized spacial score (nSPS) is 19.5. The zero-order valence-corrected chi connectivity index (χ0v) is 19.0. The van der Waals surface area contributed by atoms with Crippen molar-refractivity contribution in [1.82, 2.24) is 9.97 Å². The average Bonchev–Trinajstić information content (AvgIpc) is 3.15. The molecule has 0 unspecified atom stereocenters. The van der Waals surface area contributed by atoms with Crippen molar-refractivity contribution in [1.29, 1.82) is 0 Å². The van der Waals surface area contributed by atoms with Crippen LogP contribution in [0.5, 0.6) is 0 Å². The molecule has 0 bridgehead atoms. The van der Waals surface area contributed by atoms with Gasteiger partial charge in [-0.05, 0) is 76.6 Å². The molecule has 7 heteroatoms. The van der Waals surface area contributed by atoms with Gasteiger partial charge < -0.3 is 15.5 Å². The number of aliphatic hydroxyl groups is 2. The zero-order chi connectivity index (χ0) is 22.2. The first-order chi connectivity index (χ1) is 14.7. The van der Waals surface area contributed by atoms with Crippen LogP contribution in [0, 0.1) is 12.8 Å². The number of nitrogens with one attached hydrogen (secondary N) is 1. The molecule has 1 fully saturated rings. The number of aromatic nitrogens is 2. The number of aryl methyl sites for hydroxylation is 1. The van der Waals surface area contributed by atoms with E-state index in [1.807, 2.05) is 25.1 Å². The maximum Gasteiger partial charge on any atom is 0.274 e. The Morgan fingerprint density at radius 3 is 2.58 bits per heavy atom. The highest BCUT2D eigenvalue weighted by atomic mass is 32.1. The summed E-state index contributed by atoms with van der Waals surface area (Å²) in [5.74, 6) is 0.505. The molecule has 3 N–H and O–H groups in total. The molecule has 1 aliphatic carbocycles. The van der Waals surface area contributed by atoms with Crippen LogP contribution in [0.4, 0.5) is 5.69 Å². The Kier molecular flexibility index (Phi) is 6.10. The number of hydrogen-bond acceptors (Lipinski definition) is 6. The van der Waals surface area contributed by atoms with Crippen molar-refractivity contribution >= 4 is 33.1 Å². The molecule has 1 saturated carbocycles. The molecule has 164 valence electrons. The lowest BCUT2D eigenvalue weighted by atomic mass is 9.83. The molecule has 4 rings (SSSR count). The number of aliphatic hydroxyl groups excluding tert-OH is 1. The van der Waals surface area contributed by atoms with Crippen LogP contribution in [-0.4, -0.2) is 32.7 Å². The van der Waals surface area contributed by atoms with Gasteiger partial charge in [0.05, 0.1) is 20.8 Å². The number of benzene rings is 1. The van der Waals surface area contributed by atoms with Crippen molar-refractivity contribution in [3.05, 3.63) is 52.3 Å². The smallest absolute Gasteiger partial charge is 0.274 e. The molecule has 2 aromatic heterocycles. The van der Waals surface area contributed by atoms with Crippen molar-refractivity contribution < 1.29 is 15.0 Å². The number of anilines is 1. The second-order valence-electron chi connectivity index (χ2n) is 9.00. The SMILES string of the molecule is Cc1cccc(C(=O)Nc2cc3sc(C4CCC(CO)CC4)nc3cc2C(C)(C)O)n1. The topological polar surface area (TPSA) is 95.3 Å². The Morgan fingerprint density at radius 1 is 1.19 bits per heavy atom. The van der Waals surface area contributed by atoms with E-state index in [1.54, 1.807) is 37.3 Å². The van der Waals surface area contributed by atoms with Crippen LogP contribution in [0.3, 0.4) is 0 Å². The first kappa shape index (κ1) is 21.9. The monoisotopic (exact) mass is 439 g/mol. The number of thiazole rings is 1. The third-order valence-electron chi connectivity index (χ3n) is 6.03. The fourth-order valence-corrected chi connectivity index (χ4v) is 5.38. The van der Waals surface area contributed by atoms with Crippen molar-refractivity contribution in [3.8, 4) is 0 Å². The molecule has 0 atom stereocenters. The van der Waals surface area contributed by atoms with Crippen molar-refractivity contribution in [3.63, 3.8) is 0 Å². The van der Waals surface area contributed by atoms with Gasteiger partial charge in [0.1, 0.15) is 5.69 Å². The fourth-order valence-electron chi connectivity index (χ4n) is 4.22. The van der Waals surface area contributed by atoms with E-state index >= 15 is 0 Å². The summed E-state index contributed by atoms with van der Waals surface area (Å²) < 4.78 is 0.986. The number of carbonyl (C=O) groups is 1. The summed E-state index contributed by atoms with van der Waals surface area (Å²) in [7, 11) is 0. The molecule has 0 spiro atoms. The third-order valence-corrected chi connectivity index (χ3v) is 7.21. The summed E-state index contributed by atoms with van der Waals surface area (Å²) in [5.41, 5.74) is 2.02. The van der Waals surface area contributed by atoms with E-state index in [9.17, 15) is 15.0 Å². The minimum absolute atomic E-state index is 0.264. The van der Waals surface area contributed by atoms with Crippen LogP contribution in [-0.2, 0) is 5.60 Å². The van der Waals surface area contributed by atoms with Crippen LogP contribution >= 0.6 is 11.3 Å². The first-order valence-corrected chi connectivity index (χ1v) is 11.6. The summed E-state index contributed by atoms with van der Waals surface area (Å²) >= 11 is 1.65. The van der Waals surface area contributed by atoms with Gasteiger partial charge in [-0.2, -0.15) is 0 Å². The summed E-state index contributed by atoms with van der Waals surface area (Å²) in [4.78, 5) is 22.0. The van der Waals surface area contributed by atoms with Crippen LogP contribution in [0.15, 0.2) is 30.3 Å². The van der Waals surface area contributed by atoms with Gasteiger partial charge in [-0.25, -0.2) is 9.97 Å². The molecule has 1 aliphatic rings. The van der Waals surface area contributed by atoms with E-state index in [0.717, 1.165) is 46.6 Å². The highest BCUT2D eigenvalue weighted by molar-refractivity contribution is 7.18. The molecule has 2 heterocycles. The summed E-state index contributed by atoms with van der Waals surface area (Å²) in [6, 6.07) is 9.12. The van der Waals surface area contributed by atoms with Crippen LogP contribution in [0.25, 0.3) is 10.2 Å². The number of rotatable bonds is 5. The fraction of sp³-hybridized carbons (Fsp3) is 0.458. The lowest BCUT2D eigenvalue weighted by molar-refractivity contribution is 0.0794. The molecule has 6 nitrogen and oxygen atoms in total. The van der Waals surface area contributed by atoms with Gasteiger partial charge in [0.15, 0.2) is 0 Å². The van der Waals surface area contributed by atoms with Crippen molar-refractivity contribution in [2.24, 2.45) is 5.92 Å². The van der Waals surface area contributed by atoms with E-state index in [1.165, 1.54) is 0 Å². The number of hydrogen-bond donors (Lipinski definition) is 3. The van der Waals surface area contributed by atoms with Crippen molar-refractivity contribution in [2.45, 2.75) is 58.0 Å². The standard InChI is InChI=1S/C24H29N3O3S/c1-14-5-4-6-18(25-14)22(29)26-19-12-21-20(11-17(19)24(2,3)30)27-23(31-21)16-9-7-15(13-28)8-10-16/h4-6,11-12,15-16,28,30H,7-10,13H2,1-3H3,(H,26,29). The Labute approximate surface area is 186 Å². The summed E-state index contributed by atoms with van der Waals surface area (Å²) in [6.07, 6.45) is 4.12. The van der Waals surface area contributed by atoms with Gasteiger partial charge in [-0.15, -0.1) is 11.3 Å². The molecule has 3 aromatic rings. The zero-order valence-electron chi connectivity index (χ0n) is 18.2. The molecular formula is C24H29N3O3S. The Morgan fingerprint density at radius 2 is 1.94 bits per heavy atom. The highest BCUT2D eigenvalue weighted by Gasteiger charge is 2.27. The maximum absolute atomic E-state index is 12.8. The predicted octanol–water partition coefficient (Wildman–Crippen LogP) is 4.75. The van der Waals surface area contributed by atoms with Gasteiger partial charge in [0, 0.05) is 29.5 Å². The van der Waals surface area contributed by atoms with E-state index < -0.39 is 5.60 Å². The molecule has 0 saturated heterocycles. The van der Waals surface area contributed by atoms with Gasteiger partial charge in [0.2, 0.25) is 0 Å². The van der Waals surface area contributed by atoms with E-state index in [2.05, 4.69) is 10.3 Å². The third kappa shape index (κ3) is 4.79. The molecule has 0 aliphatic heterocycles. The second-order valence-corrected chi connectivity index (χ2v) is 10.1. The van der Waals surface area contributed by atoms with Crippen LogP contribution in [0.1, 0.15) is 72.2 Å². The highest BCUT2D eigenvalue weighted by Crippen LogP contribution is 2.41. The van der Waals surface area contributed by atoms with E-state index in [0.29, 0.717) is 28.8 Å². The number of carbonyl (C=O) groups excluding carboxylic acids is 1. The number of pyridine rings is 1. The Balaban J connectivity index is 1.66. The minimum atomic E-state index is -1.14. The lowest BCUT2D eigenvalue weighted by Gasteiger charge is -2.25. The molecule has 31 heavy (non-hydrogen) atoms. The molecule has 0 radical (unpaired) electrons. The molecular weight excluding hydrogens is 410 g/mol. The Hall–Kier alpha value is -2.35. The van der Waals surface area contributed by atoms with Gasteiger partial charge in [0.25, 0.3) is 5.91 Å². The lowest BCUT2D eigenvalue weighted by Crippen LogP contribution is -2.21. The largest absolute Gasteiger partial charge is 0.396 e. The van der Waals surface area contributed by atoms with E-state index in [-0.39, 0.29) is 12.5 Å². The number of fused-ring (bicyclic) bond motifs is 1. The van der Waals surface area contributed by atoms with Gasteiger partial charge >= 0.3 is 0 Å². The summed E-state index contributed by atoms with van der Waals surface area (Å²) in [5, 5.41) is 24.2. The molecule has 1 amide bonds. The first-order valence-electron chi connectivity index (χ1n) is 10.8. The summed E-state index contributed by atoms with van der Waals surface area (Å²) in [6.45, 7) is 5.52. The van der Waals surface area contributed by atoms with Gasteiger partial charge in [-0.3, -0.25) is 4.79 Å². The quantitative estimate of drug-likeness (QED) is 0.533. The van der Waals surface area contributed by atoms with Crippen molar-refractivity contribution in [2.75, 3.05) is 11.9 Å². The number of amides is 1. The van der Waals surface area contributed by atoms with Crippen LogP contribution in [0.2, 0.25) is 0 Å². The predicted molar refractivity (Wildman–Crippen MR) is 124 cm³/mol. The minimum Gasteiger partial charge on any atom is -0.396 e.